The standard InChI is InChI=1S/C17H13ClF3N5/c18-12-6-7-14(13(8-12)17(19,20)21)24-15-10-23-26-16(25-15)22-9-11-4-2-1-3-5-11/h1-8,10H,9H2,(H2,22,24,25,26). The molecular formula is C17H13ClF3N5. The number of halogens is 4. The van der Waals surface area contributed by atoms with Crippen LogP contribution in [-0.4, -0.2) is 15.2 Å². The monoisotopic (exact) mass is 379 g/mol. The Hall–Kier alpha value is -2.87. The van der Waals surface area contributed by atoms with E-state index in [2.05, 4.69) is 25.8 Å². The number of benzene rings is 2. The highest BCUT2D eigenvalue weighted by molar-refractivity contribution is 6.30. The van der Waals surface area contributed by atoms with Gasteiger partial charge in [0.1, 0.15) is 0 Å². The fourth-order valence-electron chi connectivity index (χ4n) is 2.21. The molecule has 3 rings (SSSR count). The van der Waals surface area contributed by atoms with Crippen LogP contribution in [0.1, 0.15) is 11.1 Å². The third kappa shape index (κ3) is 4.60. The molecule has 3 aromatic rings. The Morgan fingerprint density at radius 2 is 1.81 bits per heavy atom. The molecule has 9 heteroatoms. The van der Waals surface area contributed by atoms with Gasteiger partial charge in [-0.05, 0) is 23.8 Å². The second-order valence-corrected chi connectivity index (χ2v) is 5.75. The summed E-state index contributed by atoms with van der Waals surface area (Å²) in [6.45, 7) is 0.459. The van der Waals surface area contributed by atoms with Crippen molar-refractivity contribution in [1.82, 2.24) is 15.2 Å². The number of nitrogens with one attached hydrogen (secondary N) is 2. The molecule has 2 aromatic carbocycles. The van der Waals surface area contributed by atoms with Crippen molar-refractivity contribution in [2.75, 3.05) is 10.6 Å². The first-order chi connectivity index (χ1) is 12.4. The third-order valence-corrected chi connectivity index (χ3v) is 3.64. The van der Waals surface area contributed by atoms with Crippen LogP contribution in [0.3, 0.4) is 0 Å². The van der Waals surface area contributed by atoms with Gasteiger partial charge in [-0.2, -0.15) is 23.3 Å². The van der Waals surface area contributed by atoms with Crippen molar-refractivity contribution in [3.8, 4) is 0 Å². The van der Waals surface area contributed by atoms with Gasteiger partial charge in [0.15, 0.2) is 5.82 Å². The van der Waals surface area contributed by atoms with Crippen molar-refractivity contribution in [1.29, 1.82) is 0 Å². The van der Waals surface area contributed by atoms with Crippen LogP contribution in [0.5, 0.6) is 0 Å². The maximum absolute atomic E-state index is 13.2. The van der Waals surface area contributed by atoms with Gasteiger partial charge in [0.2, 0.25) is 5.95 Å². The summed E-state index contributed by atoms with van der Waals surface area (Å²) in [5.41, 5.74) is -0.0506. The summed E-state index contributed by atoms with van der Waals surface area (Å²) in [4.78, 5) is 4.13. The highest BCUT2D eigenvalue weighted by Gasteiger charge is 2.34. The first kappa shape index (κ1) is 17.9. The van der Waals surface area contributed by atoms with E-state index in [4.69, 9.17) is 11.6 Å². The van der Waals surface area contributed by atoms with E-state index in [-0.39, 0.29) is 22.5 Å². The number of nitrogens with zero attached hydrogens (tertiary/aromatic N) is 3. The molecule has 2 N–H and O–H groups in total. The summed E-state index contributed by atoms with van der Waals surface area (Å²) < 4.78 is 39.5. The van der Waals surface area contributed by atoms with Crippen molar-refractivity contribution < 1.29 is 13.2 Å². The summed E-state index contributed by atoms with van der Waals surface area (Å²) in [7, 11) is 0. The molecule has 0 bridgehead atoms. The van der Waals surface area contributed by atoms with Crippen molar-refractivity contribution >= 4 is 29.1 Å². The summed E-state index contributed by atoms with van der Waals surface area (Å²) in [5, 5.41) is 13.2. The smallest absolute Gasteiger partial charge is 0.349 e. The van der Waals surface area contributed by atoms with Crippen molar-refractivity contribution in [2.24, 2.45) is 0 Å². The number of alkyl halides is 3. The summed E-state index contributed by atoms with van der Waals surface area (Å²) >= 11 is 5.67. The molecule has 134 valence electrons. The molecule has 0 saturated carbocycles. The van der Waals surface area contributed by atoms with Crippen LogP contribution < -0.4 is 10.6 Å². The Bertz CT molecular complexity index is 887. The van der Waals surface area contributed by atoms with Crippen LogP contribution in [0, 0.1) is 0 Å². The van der Waals surface area contributed by atoms with E-state index < -0.39 is 11.7 Å². The average molecular weight is 380 g/mol. The topological polar surface area (TPSA) is 62.7 Å². The zero-order valence-electron chi connectivity index (χ0n) is 13.3. The minimum Gasteiger partial charge on any atom is -0.349 e. The van der Waals surface area contributed by atoms with Crippen LogP contribution in [0.15, 0.2) is 54.7 Å². The lowest BCUT2D eigenvalue weighted by Gasteiger charge is -2.14. The van der Waals surface area contributed by atoms with E-state index in [9.17, 15) is 13.2 Å². The fourth-order valence-corrected chi connectivity index (χ4v) is 2.39. The second kappa shape index (κ2) is 7.57. The van der Waals surface area contributed by atoms with Crippen LogP contribution in [0.4, 0.5) is 30.6 Å². The number of rotatable bonds is 5. The summed E-state index contributed by atoms with van der Waals surface area (Å²) in [6.07, 6.45) is -3.31. The molecule has 1 heterocycles. The second-order valence-electron chi connectivity index (χ2n) is 5.32. The summed E-state index contributed by atoms with van der Waals surface area (Å²) in [6, 6.07) is 13.0. The van der Waals surface area contributed by atoms with Crippen LogP contribution in [0.2, 0.25) is 5.02 Å². The molecule has 0 atom stereocenters. The van der Waals surface area contributed by atoms with E-state index in [0.717, 1.165) is 11.6 Å². The molecule has 0 aliphatic rings. The normalized spacial score (nSPS) is 11.2. The molecule has 5 nitrogen and oxygen atoms in total. The Kier molecular flexibility index (Phi) is 5.22. The Morgan fingerprint density at radius 3 is 2.54 bits per heavy atom. The van der Waals surface area contributed by atoms with Gasteiger partial charge < -0.3 is 10.6 Å². The SMILES string of the molecule is FC(F)(F)c1cc(Cl)ccc1Nc1cnnc(NCc2ccccc2)n1. The molecule has 0 radical (unpaired) electrons. The van der Waals surface area contributed by atoms with Gasteiger partial charge >= 0.3 is 6.18 Å². The van der Waals surface area contributed by atoms with Crippen molar-refractivity contribution in [3.63, 3.8) is 0 Å². The minimum absolute atomic E-state index is 0.00564. The zero-order chi connectivity index (χ0) is 18.6. The molecule has 1 aromatic heterocycles. The lowest BCUT2D eigenvalue weighted by atomic mass is 10.1. The molecule has 0 aliphatic heterocycles. The molecule has 0 amide bonds. The molecule has 0 spiro atoms. The van der Waals surface area contributed by atoms with Gasteiger partial charge in [-0.15, -0.1) is 5.10 Å². The summed E-state index contributed by atoms with van der Waals surface area (Å²) in [5.74, 6) is 0.324. The highest BCUT2D eigenvalue weighted by atomic mass is 35.5. The largest absolute Gasteiger partial charge is 0.418 e. The molecule has 26 heavy (non-hydrogen) atoms. The predicted octanol–water partition coefficient (Wildman–Crippen LogP) is 4.90. The number of anilines is 3. The molecule has 0 saturated heterocycles. The lowest BCUT2D eigenvalue weighted by Crippen LogP contribution is -2.10. The van der Waals surface area contributed by atoms with Gasteiger partial charge in [0.25, 0.3) is 0 Å². The van der Waals surface area contributed by atoms with E-state index in [0.29, 0.717) is 6.54 Å². The van der Waals surface area contributed by atoms with Gasteiger partial charge in [-0.3, -0.25) is 0 Å². The lowest BCUT2D eigenvalue weighted by molar-refractivity contribution is -0.136. The maximum atomic E-state index is 13.2. The first-order valence-electron chi connectivity index (χ1n) is 7.53. The zero-order valence-corrected chi connectivity index (χ0v) is 14.0. The molecule has 0 unspecified atom stereocenters. The van der Waals surface area contributed by atoms with E-state index in [1.807, 2.05) is 30.3 Å². The van der Waals surface area contributed by atoms with Gasteiger partial charge in [-0.25, -0.2) is 0 Å². The van der Waals surface area contributed by atoms with Crippen molar-refractivity contribution in [2.45, 2.75) is 12.7 Å². The molecule has 0 aliphatic carbocycles. The molecular weight excluding hydrogens is 367 g/mol. The maximum Gasteiger partial charge on any atom is 0.418 e. The third-order valence-electron chi connectivity index (χ3n) is 3.40. The van der Waals surface area contributed by atoms with E-state index >= 15 is 0 Å². The fraction of sp³-hybridized carbons (Fsp3) is 0.118. The average Bonchev–Trinajstić information content (AvgIpc) is 2.62. The number of hydrogen-bond acceptors (Lipinski definition) is 5. The number of hydrogen-bond donors (Lipinski definition) is 2. The molecule has 0 fully saturated rings. The Balaban J connectivity index is 1.77. The Labute approximate surface area is 152 Å². The Morgan fingerprint density at radius 1 is 1.04 bits per heavy atom. The first-order valence-corrected chi connectivity index (χ1v) is 7.91. The quantitative estimate of drug-likeness (QED) is 0.660. The van der Waals surface area contributed by atoms with Gasteiger partial charge in [0.05, 0.1) is 17.4 Å². The van der Waals surface area contributed by atoms with E-state index in [1.165, 1.54) is 18.3 Å². The van der Waals surface area contributed by atoms with Crippen LogP contribution in [-0.2, 0) is 12.7 Å². The van der Waals surface area contributed by atoms with Crippen LogP contribution >= 0.6 is 11.6 Å². The predicted molar refractivity (Wildman–Crippen MR) is 93.3 cm³/mol. The van der Waals surface area contributed by atoms with E-state index in [1.54, 1.807) is 0 Å². The number of aromatic nitrogens is 3. The minimum atomic E-state index is -4.55. The van der Waals surface area contributed by atoms with Crippen molar-refractivity contribution in [3.05, 3.63) is 70.9 Å². The highest BCUT2D eigenvalue weighted by Crippen LogP contribution is 2.37. The van der Waals surface area contributed by atoms with Crippen LogP contribution in [0.25, 0.3) is 0 Å². The van der Waals surface area contributed by atoms with Gasteiger partial charge in [0, 0.05) is 11.6 Å². The van der Waals surface area contributed by atoms with Gasteiger partial charge in [-0.1, -0.05) is 41.9 Å².